The minimum absolute atomic E-state index is 0.136. The molecule has 0 fully saturated rings. The summed E-state index contributed by atoms with van der Waals surface area (Å²) in [5, 5.41) is 13.1. The standard InChI is InChI=1S/C20H19ClF3N5O/c1-11(2)10-25-19(27-18(30)12-3-6-14(21)7-4-12)26-17-15-8-5-13(20(22,23)24)9-16(15)28-29-17/h3-9,11H,10H2,1-2H3,(H3,25,26,27,28,29,30). The fourth-order valence-corrected chi connectivity index (χ4v) is 2.69. The summed E-state index contributed by atoms with van der Waals surface area (Å²) < 4.78 is 38.7. The number of alkyl halides is 3. The van der Waals surface area contributed by atoms with Gasteiger partial charge in [0.25, 0.3) is 5.91 Å². The molecule has 1 heterocycles. The Morgan fingerprint density at radius 3 is 2.53 bits per heavy atom. The largest absolute Gasteiger partial charge is 0.416 e. The molecule has 10 heteroatoms. The van der Waals surface area contributed by atoms with Crippen LogP contribution < -0.4 is 10.6 Å². The molecule has 0 bridgehead atoms. The molecule has 1 aromatic heterocycles. The van der Waals surface area contributed by atoms with Crippen LogP contribution in [0.1, 0.15) is 29.8 Å². The van der Waals surface area contributed by atoms with Gasteiger partial charge in [-0.05, 0) is 48.4 Å². The van der Waals surface area contributed by atoms with Crippen LogP contribution in [0.5, 0.6) is 0 Å². The van der Waals surface area contributed by atoms with Gasteiger partial charge in [0.15, 0.2) is 5.82 Å². The van der Waals surface area contributed by atoms with Crippen LogP contribution in [-0.2, 0) is 6.18 Å². The molecule has 0 aliphatic heterocycles. The Morgan fingerprint density at radius 2 is 1.90 bits per heavy atom. The van der Waals surface area contributed by atoms with Gasteiger partial charge in [0.05, 0.1) is 11.1 Å². The van der Waals surface area contributed by atoms with Crippen LogP contribution in [0.15, 0.2) is 47.5 Å². The smallest absolute Gasteiger partial charge is 0.309 e. The van der Waals surface area contributed by atoms with Gasteiger partial charge in [-0.2, -0.15) is 18.3 Å². The number of carbonyl (C=O) groups is 1. The average Bonchev–Trinajstić information content (AvgIpc) is 3.08. The molecule has 0 aliphatic rings. The first-order valence-corrected chi connectivity index (χ1v) is 9.45. The lowest BCUT2D eigenvalue weighted by Crippen LogP contribution is -2.36. The Bertz CT molecular complexity index is 1070. The van der Waals surface area contributed by atoms with Gasteiger partial charge in [-0.3, -0.25) is 20.2 Å². The van der Waals surface area contributed by atoms with Crippen molar-refractivity contribution in [3.63, 3.8) is 0 Å². The van der Waals surface area contributed by atoms with Crippen molar-refractivity contribution >= 4 is 40.2 Å². The van der Waals surface area contributed by atoms with E-state index in [1.54, 1.807) is 24.3 Å². The van der Waals surface area contributed by atoms with Gasteiger partial charge in [-0.15, -0.1) is 0 Å². The monoisotopic (exact) mass is 437 g/mol. The molecule has 3 aromatic rings. The molecular formula is C20H19ClF3N5O. The van der Waals surface area contributed by atoms with Gasteiger partial charge < -0.3 is 5.32 Å². The molecule has 0 radical (unpaired) electrons. The van der Waals surface area contributed by atoms with E-state index in [1.165, 1.54) is 6.07 Å². The second kappa shape index (κ2) is 8.74. The number of H-pyrrole nitrogens is 1. The lowest BCUT2D eigenvalue weighted by atomic mass is 10.1. The van der Waals surface area contributed by atoms with Crippen LogP contribution in [0, 0.1) is 5.92 Å². The Kier molecular flexibility index (Phi) is 6.31. The topological polar surface area (TPSA) is 82.2 Å². The first kappa shape index (κ1) is 21.6. The molecule has 1 amide bonds. The summed E-state index contributed by atoms with van der Waals surface area (Å²) in [7, 11) is 0. The molecule has 3 N–H and O–H groups in total. The van der Waals surface area contributed by atoms with Crippen molar-refractivity contribution in [2.45, 2.75) is 20.0 Å². The van der Waals surface area contributed by atoms with Gasteiger partial charge in [0.2, 0.25) is 5.96 Å². The number of rotatable bonds is 4. The first-order chi connectivity index (χ1) is 14.1. The summed E-state index contributed by atoms with van der Waals surface area (Å²) in [5.74, 6) is 0.190. The van der Waals surface area contributed by atoms with E-state index in [0.29, 0.717) is 22.5 Å². The number of nitrogens with zero attached hydrogens (tertiary/aromatic N) is 2. The maximum absolute atomic E-state index is 12.9. The number of nitrogens with one attached hydrogen (secondary N) is 3. The number of amides is 1. The van der Waals surface area contributed by atoms with E-state index in [1.807, 2.05) is 13.8 Å². The van der Waals surface area contributed by atoms with Crippen LogP contribution in [0.25, 0.3) is 10.9 Å². The quantitative estimate of drug-likeness (QED) is 0.393. The third kappa shape index (κ3) is 5.29. The van der Waals surface area contributed by atoms with Crippen LogP contribution in [0.4, 0.5) is 19.0 Å². The van der Waals surface area contributed by atoms with E-state index in [9.17, 15) is 18.0 Å². The SMILES string of the molecule is CC(C)CN=C(NC(=O)c1ccc(Cl)cc1)Nc1n[nH]c2cc(C(F)(F)F)ccc12. The normalized spacial score (nSPS) is 12.4. The predicted molar refractivity (Wildman–Crippen MR) is 111 cm³/mol. The van der Waals surface area contributed by atoms with Gasteiger partial charge in [-0.1, -0.05) is 25.4 Å². The number of aliphatic imine (C=N–C) groups is 1. The van der Waals surface area contributed by atoms with Gasteiger partial charge in [0.1, 0.15) is 0 Å². The van der Waals surface area contributed by atoms with Gasteiger partial charge >= 0.3 is 6.18 Å². The molecule has 0 aliphatic carbocycles. The number of hydrogen-bond donors (Lipinski definition) is 3. The zero-order chi connectivity index (χ0) is 21.9. The number of hydrogen-bond acceptors (Lipinski definition) is 3. The highest BCUT2D eigenvalue weighted by Crippen LogP contribution is 2.32. The highest BCUT2D eigenvalue weighted by molar-refractivity contribution is 6.30. The molecule has 158 valence electrons. The van der Waals surface area contributed by atoms with E-state index in [2.05, 4.69) is 25.8 Å². The number of aromatic amines is 1. The molecule has 6 nitrogen and oxygen atoms in total. The molecule has 3 rings (SSSR count). The fraction of sp³-hybridized carbons (Fsp3) is 0.250. The highest BCUT2D eigenvalue weighted by atomic mass is 35.5. The van der Waals surface area contributed by atoms with E-state index in [-0.39, 0.29) is 23.2 Å². The molecule has 0 saturated heterocycles. The maximum Gasteiger partial charge on any atom is 0.416 e. The Balaban J connectivity index is 1.85. The van der Waals surface area contributed by atoms with Gasteiger partial charge in [0, 0.05) is 22.5 Å². The van der Waals surface area contributed by atoms with E-state index >= 15 is 0 Å². The summed E-state index contributed by atoms with van der Waals surface area (Å²) in [6.45, 7) is 4.35. The number of aromatic nitrogens is 2. The number of guanidine groups is 1. The molecular weight excluding hydrogens is 419 g/mol. The van der Waals surface area contributed by atoms with Crippen molar-refractivity contribution < 1.29 is 18.0 Å². The predicted octanol–water partition coefficient (Wildman–Crippen LogP) is 5.09. The van der Waals surface area contributed by atoms with Crippen molar-refractivity contribution in [2.24, 2.45) is 10.9 Å². The minimum Gasteiger partial charge on any atom is -0.309 e. The number of benzene rings is 2. The highest BCUT2D eigenvalue weighted by Gasteiger charge is 2.30. The van der Waals surface area contributed by atoms with Crippen molar-refractivity contribution in [1.82, 2.24) is 15.5 Å². The fourth-order valence-electron chi connectivity index (χ4n) is 2.57. The second-order valence-electron chi connectivity index (χ2n) is 7.00. The van der Waals surface area contributed by atoms with Crippen molar-refractivity contribution in [3.8, 4) is 0 Å². The van der Waals surface area contributed by atoms with E-state index in [4.69, 9.17) is 11.6 Å². The van der Waals surface area contributed by atoms with E-state index in [0.717, 1.165) is 12.1 Å². The molecule has 0 atom stereocenters. The Labute approximate surface area is 175 Å². The zero-order valence-corrected chi connectivity index (χ0v) is 16.9. The minimum atomic E-state index is -4.46. The summed E-state index contributed by atoms with van der Waals surface area (Å²) in [6, 6.07) is 9.58. The van der Waals surface area contributed by atoms with Crippen LogP contribution in [0.2, 0.25) is 5.02 Å². The van der Waals surface area contributed by atoms with Crippen LogP contribution >= 0.6 is 11.6 Å². The number of anilines is 1. The molecule has 0 unspecified atom stereocenters. The zero-order valence-electron chi connectivity index (χ0n) is 16.1. The lowest BCUT2D eigenvalue weighted by Gasteiger charge is -2.11. The number of carbonyl (C=O) groups excluding carboxylic acids is 1. The third-order valence-corrected chi connectivity index (χ3v) is 4.33. The third-order valence-electron chi connectivity index (χ3n) is 4.08. The molecule has 2 aromatic carbocycles. The summed E-state index contributed by atoms with van der Waals surface area (Å²) in [5.41, 5.74) is -0.199. The molecule has 30 heavy (non-hydrogen) atoms. The molecule has 0 spiro atoms. The van der Waals surface area contributed by atoms with Crippen LogP contribution in [-0.4, -0.2) is 28.6 Å². The van der Waals surface area contributed by atoms with Crippen molar-refractivity contribution in [2.75, 3.05) is 11.9 Å². The van der Waals surface area contributed by atoms with E-state index < -0.39 is 17.6 Å². The summed E-state index contributed by atoms with van der Waals surface area (Å²) in [4.78, 5) is 16.9. The summed E-state index contributed by atoms with van der Waals surface area (Å²) in [6.07, 6.45) is -4.46. The number of fused-ring (bicyclic) bond motifs is 1. The maximum atomic E-state index is 12.9. The summed E-state index contributed by atoms with van der Waals surface area (Å²) >= 11 is 5.85. The van der Waals surface area contributed by atoms with Gasteiger partial charge in [-0.25, -0.2) is 0 Å². The van der Waals surface area contributed by atoms with Crippen molar-refractivity contribution in [1.29, 1.82) is 0 Å². The Morgan fingerprint density at radius 1 is 1.20 bits per heavy atom. The average molecular weight is 438 g/mol. The molecule has 0 saturated carbocycles. The van der Waals surface area contributed by atoms with Crippen LogP contribution in [0.3, 0.4) is 0 Å². The first-order valence-electron chi connectivity index (χ1n) is 9.07. The number of halogens is 4. The lowest BCUT2D eigenvalue weighted by molar-refractivity contribution is -0.137. The Hall–Kier alpha value is -3.07. The second-order valence-corrected chi connectivity index (χ2v) is 7.44. The van der Waals surface area contributed by atoms with Crippen molar-refractivity contribution in [3.05, 3.63) is 58.6 Å².